The van der Waals surface area contributed by atoms with Gasteiger partial charge in [0.25, 0.3) is 5.91 Å². The molecule has 0 saturated carbocycles. The lowest BCUT2D eigenvalue weighted by Gasteiger charge is -2.37. The number of allylic oxidation sites excluding steroid dienone is 1. The fourth-order valence-electron chi connectivity index (χ4n) is 5.37. The zero-order valence-electron chi connectivity index (χ0n) is 22.4. The van der Waals surface area contributed by atoms with Crippen LogP contribution in [0.4, 0.5) is 15.8 Å². The lowest BCUT2D eigenvalue weighted by atomic mass is 9.88. The average molecular weight is 564 g/mol. The Kier molecular flexibility index (Phi) is 6.91. The number of ether oxygens (including phenoxy) is 1. The number of carbonyl (C=O) groups excluding carboxylic acids is 1. The van der Waals surface area contributed by atoms with Crippen LogP contribution in [0, 0.1) is 18.2 Å². The molecule has 0 radical (unpaired) electrons. The summed E-state index contributed by atoms with van der Waals surface area (Å²) in [6, 6.07) is 12.2. The fourth-order valence-corrected chi connectivity index (χ4v) is 7.73. The Bertz CT molecular complexity index is 1670. The van der Waals surface area contributed by atoms with Gasteiger partial charge in [0.05, 0.1) is 16.3 Å². The smallest absolute Gasteiger partial charge is 0.277 e. The Morgan fingerprint density at radius 3 is 2.70 bits per heavy atom. The molecule has 208 valence electrons. The van der Waals surface area contributed by atoms with Gasteiger partial charge in [-0.2, -0.15) is 0 Å². The maximum Gasteiger partial charge on any atom is 0.277 e. The number of aromatic hydroxyl groups is 1. The highest BCUT2D eigenvalue weighted by molar-refractivity contribution is 7.95. The van der Waals surface area contributed by atoms with Gasteiger partial charge in [0.15, 0.2) is 9.84 Å². The van der Waals surface area contributed by atoms with Crippen molar-refractivity contribution in [3.05, 3.63) is 101 Å². The molecule has 0 aliphatic carbocycles. The number of para-hydroxylation sites is 1. The van der Waals surface area contributed by atoms with E-state index in [2.05, 4.69) is 16.9 Å². The number of anilines is 2. The number of hydrogen-bond donors (Lipinski definition) is 2. The topological polar surface area (TPSA) is 109 Å². The summed E-state index contributed by atoms with van der Waals surface area (Å²) in [7, 11) is -4.03. The Morgan fingerprint density at radius 2 is 2.00 bits per heavy atom. The predicted molar refractivity (Wildman–Crippen MR) is 152 cm³/mol. The van der Waals surface area contributed by atoms with Crippen molar-refractivity contribution >= 4 is 27.1 Å². The lowest BCUT2D eigenvalue weighted by molar-refractivity contribution is 0.0975. The minimum Gasteiger partial charge on any atom is -0.506 e. The van der Waals surface area contributed by atoms with Crippen LogP contribution in [0.15, 0.2) is 77.9 Å². The largest absolute Gasteiger partial charge is 0.506 e. The van der Waals surface area contributed by atoms with Crippen LogP contribution < -0.4 is 15.0 Å². The van der Waals surface area contributed by atoms with Crippen molar-refractivity contribution in [2.45, 2.75) is 33.2 Å². The molecule has 8 nitrogen and oxygen atoms in total. The first-order valence-corrected chi connectivity index (χ1v) is 14.4. The molecule has 1 amide bonds. The molecule has 40 heavy (non-hydrogen) atoms. The first kappa shape index (κ1) is 27.4. The van der Waals surface area contributed by atoms with Crippen molar-refractivity contribution in [3.63, 3.8) is 0 Å². The number of phenols is 1. The van der Waals surface area contributed by atoms with Gasteiger partial charge in [-0.05, 0) is 55.2 Å². The summed E-state index contributed by atoms with van der Waals surface area (Å²) in [4.78, 5) is 19.7. The molecule has 1 aromatic heterocycles. The van der Waals surface area contributed by atoms with Crippen LogP contribution in [-0.4, -0.2) is 36.8 Å². The molecule has 5 rings (SSSR count). The molecule has 0 spiro atoms. The van der Waals surface area contributed by atoms with E-state index in [0.717, 1.165) is 6.07 Å². The van der Waals surface area contributed by atoms with E-state index in [0.29, 0.717) is 17.8 Å². The summed E-state index contributed by atoms with van der Waals surface area (Å²) in [5.41, 5.74) is 0.558. The van der Waals surface area contributed by atoms with E-state index in [1.165, 1.54) is 35.2 Å². The Balaban J connectivity index is 1.84. The summed E-state index contributed by atoms with van der Waals surface area (Å²) in [6.07, 6.45) is 1.81. The minimum atomic E-state index is -4.03. The summed E-state index contributed by atoms with van der Waals surface area (Å²) in [5.74, 6) is -1.56. The van der Waals surface area contributed by atoms with Gasteiger partial charge in [0.2, 0.25) is 0 Å². The average Bonchev–Trinajstić information content (AvgIpc) is 3.01. The molecule has 0 saturated heterocycles. The number of amides is 1. The monoisotopic (exact) mass is 563 g/mol. The number of nitrogens with zero attached hydrogens (tertiary/aromatic N) is 2. The summed E-state index contributed by atoms with van der Waals surface area (Å²) < 4.78 is 49.5. The van der Waals surface area contributed by atoms with Crippen molar-refractivity contribution in [1.82, 2.24) is 4.98 Å². The number of pyridine rings is 1. The van der Waals surface area contributed by atoms with Gasteiger partial charge in [0, 0.05) is 23.0 Å². The first-order valence-electron chi connectivity index (χ1n) is 12.8. The van der Waals surface area contributed by atoms with Crippen LogP contribution in [0.1, 0.15) is 48.1 Å². The van der Waals surface area contributed by atoms with Crippen LogP contribution in [-0.2, 0) is 9.84 Å². The molecule has 2 aromatic carbocycles. The van der Waals surface area contributed by atoms with Crippen molar-refractivity contribution in [2.75, 3.05) is 22.6 Å². The number of benzene rings is 2. The molecular weight excluding hydrogens is 533 g/mol. The number of fused-ring (bicyclic) bond motifs is 1. The first-order chi connectivity index (χ1) is 18.9. The van der Waals surface area contributed by atoms with Gasteiger partial charge in [-0.25, -0.2) is 17.8 Å². The number of rotatable bonds is 5. The quantitative estimate of drug-likeness (QED) is 0.304. The zero-order chi connectivity index (χ0) is 28.8. The third-order valence-corrected chi connectivity index (χ3v) is 9.19. The number of halogens is 1. The maximum atomic E-state index is 16.0. The Labute approximate surface area is 232 Å². The number of carbonyl (C=O) groups is 1. The summed E-state index contributed by atoms with van der Waals surface area (Å²) >= 11 is 0. The van der Waals surface area contributed by atoms with E-state index >= 15 is 4.39 Å². The SMILES string of the molecule is C=CCOc1ccc(C2C3=C(CC(C)(C)CS3(=O)=O)Nc3c(O)cccc3N2C(=O)c2cccc(C)n2)c(F)c1. The molecule has 0 fully saturated rings. The Hall–Kier alpha value is -4.18. The molecule has 3 heterocycles. The van der Waals surface area contributed by atoms with Crippen molar-refractivity contribution in [1.29, 1.82) is 0 Å². The van der Waals surface area contributed by atoms with E-state index in [9.17, 15) is 18.3 Å². The summed E-state index contributed by atoms with van der Waals surface area (Å²) in [5, 5.41) is 14.0. The third kappa shape index (κ3) is 4.95. The van der Waals surface area contributed by atoms with Gasteiger partial charge < -0.3 is 15.2 Å². The van der Waals surface area contributed by atoms with E-state index in [-0.39, 0.29) is 51.4 Å². The van der Waals surface area contributed by atoms with E-state index in [1.807, 2.05) is 13.8 Å². The van der Waals surface area contributed by atoms with Gasteiger partial charge >= 0.3 is 0 Å². The van der Waals surface area contributed by atoms with Gasteiger partial charge in [-0.3, -0.25) is 9.69 Å². The van der Waals surface area contributed by atoms with E-state index in [4.69, 9.17) is 4.74 Å². The number of hydrogen-bond acceptors (Lipinski definition) is 7. The number of phenolic OH excluding ortho intramolecular Hbond substituents is 1. The molecule has 0 bridgehead atoms. The maximum absolute atomic E-state index is 16.0. The predicted octanol–water partition coefficient (Wildman–Crippen LogP) is 5.67. The highest BCUT2D eigenvalue weighted by Gasteiger charge is 2.48. The Morgan fingerprint density at radius 1 is 1.25 bits per heavy atom. The highest BCUT2D eigenvalue weighted by Crippen LogP contribution is 2.52. The number of nitrogens with one attached hydrogen (secondary N) is 1. The second-order valence-corrected chi connectivity index (χ2v) is 12.7. The van der Waals surface area contributed by atoms with Crippen molar-refractivity contribution in [2.24, 2.45) is 5.41 Å². The molecule has 2 N–H and O–H groups in total. The normalized spacial score (nSPS) is 19.1. The van der Waals surface area contributed by atoms with E-state index < -0.39 is 33.0 Å². The molecule has 1 atom stereocenters. The number of aryl methyl sites for hydroxylation is 1. The second-order valence-electron chi connectivity index (χ2n) is 10.8. The molecule has 10 heteroatoms. The van der Waals surface area contributed by atoms with Crippen LogP contribution in [0.5, 0.6) is 11.5 Å². The zero-order valence-corrected chi connectivity index (χ0v) is 23.3. The van der Waals surface area contributed by atoms with Crippen LogP contribution >= 0.6 is 0 Å². The molecule has 2 aliphatic heterocycles. The lowest BCUT2D eigenvalue weighted by Crippen LogP contribution is -2.41. The van der Waals surface area contributed by atoms with E-state index in [1.54, 1.807) is 31.2 Å². The standard InChI is InChI=1S/C30H30FN3O5S/c1-5-14-39-19-12-13-20(21(31)15-19)27-28-23(16-30(3,4)17-40(28,37)38)33-26-24(10-7-11-25(26)35)34(27)29(36)22-9-6-8-18(2)32-22/h5-13,15,27,33,35H,1,14,16-17H2,2-4H3. The van der Waals surface area contributed by atoms with Gasteiger partial charge in [-0.1, -0.05) is 38.6 Å². The molecule has 1 unspecified atom stereocenters. The fraction of sp³-hybridized carbons (Fsp3) is 0.267. The van der Waals surface area contributed by atoms with Crippen molar-refractivity contribution in [3.8, 4) is 11.5 Å². The highest BCUT2D eigenvalue weighted by atomic mass is 32.2. The minimum absolute atomic E-state index is 0.0410. The summed E-state index contributed by atoms with van der Waals surface area (Å²) in [6.45, 7) is 9.13. The van der Waals surface area contributed by atoms with Gasteiger partial charge in [-0.15, -0.1) is 0 Å². The number of aromatic nitrogens is 1. The van der Waals surface area contributed by atoms with Gasteiger partial charge in [0.1, 0.15) is 41.3 Å². The number of sulfone groups is 1. The second kappa shape index (κ2) is 10.1. The molecular formula is C30H30FN3O5S. The molecule has 2 aliphatic rings. The third-order valence-electron chi connectivity index (χ3n) is 6.89. The van der Waals surface area contributed by atoms with Crippen LogP contribution in [0.25, 0.3) is 0 Å². The molecule has 3 aromatic rings. The van der Waals surface area contributed by atoms with Crippen LogP contribution in [0.2, 0.25) is 0 Å². The van der Waals surface area contributed by atoms with Crippen molar-refractivity contribution < 1.29 is 27.4 Å². The van der Waals surface area contributed by atoms with Crippen LogP contribution in [0.3, 0.4) is 0 Å².